The second-order valence-electron chi connectivity index (χ2n) is 5.51. The molecule has 23 heavy (non-hydrogen) atoms. The van der Waals surface area contributed by atoms with Crippen molar-refractivity contribution in [2.24, 2.45) is 18.1 Å². The van der Waals surface area contributed by atoms with Crippen molar-refractivity contribution >= 4 is 28.9 Å². The quantitative estimate of drug-likeness (QED) is 0.346. The van der Waals surface area contributed by atoms with Gasteiger partial charge < -0.3 is 4.84 Å². The third-order valence-electron chi connectivity index (χ3n) is 3.87. The monoisotopic (exact) mass is 337 g/mol. The molecule has 0 saturated heterocycles. The van der Waals surface area contributed by atoms with Gasteiger partial charge in [0.25, 0.3) is 0 Å². The minimum absolute atomic E-state index is 0.0989. The summed E-state index contributed by atoms with van der Waals surface area (Å²) in [5.41, 5.74) is 2.73. The summed E-state index contributed by atoms with van der Waals surface area (Å²) in [6.45, 7) is 2.06. The molecule has 1 aliphatic carbocycles. The van der Waals surface area contributed by atoms with E-state index in [4.69, 9.17) is 16.4 Å². The molecule has 1 aliphatic rings. The van der Waals surface area contributed by atoms with Gasteiger partial charge in [-0.3, -0.25) is 14.3 Å². The van der Waals surface area contributed by atoms with Crippen LogP contribution in [-0.2, 0) is 21.5 Å². The largest absolute Gasteiger partial charge is 0.392 e. The number of aromatic nitrogens is 2. The third-order valence-corrected chi connectivity index (χ3v) is 4.05. The SMILES string of the molecule is CC/C(=N/OCC=CCl)C1C(=O)CC(c2cnn(C)c2)CC1=O. The van der Waals surface area contributed by atoms with Crippen LogP contribution in [0.2, 0.25) is 0 Å². The number of hydrogen-bond acceptors (Lipinski definition) is 5. The number of aryl methyl sites for hydroxylation is 1. The molecule has 0 spiro atoms. The Hall–Kier alpha value is -1.95. The maximum atomic E-state index is 12.5. The second kappa shape index (κ2) is 8.06. The smallest absolute Gasteiger partial charge is 0.149 e. The Labute approximate surface area is 140 Å². The van der Waals surface area contributed by atoms with Crippen LogP contribution in [-0.4, -0.2) is 33.7 Å². The van der Waals surface area contributed by atoms with Gasteiger partial charge in [0.15, 0.2) is 0 Å². The van der Waals surface area contributed by atoms with E-state index in [1.807, 2.05) is 20.2 Å². The summed E-state index contributed by atoms with van der Waals surface area (Å²) in [6.07, 6.45) is 6.28. The summed E-state index contributed by atoms with van der Waals surface area (Å²) in [7, 11) is 1.81. The molecule has 0 amide bonds. The topological polar surface area (TPSA) is 73.5 Å². The molecule has 6 nitrogen and oxygen atoms in total. The van der Waals surface area contributed by atoms with Gasteiger partial charge in [-0.25, -0.2) is 0 Å². The maximum Gasteiger partial charge on any atom is 0.149 e. The summed E-state index contributed by atoms with van der Waals surface area (Å²) in [5, 5.41) is 8.06. The van der Waals surface area contributed by atoms with E-state index < -0.39 is 5.92 Å². The molecule has 0 radical (unpaired) electrons. The van der Waals surface area contributed by atoms with Crippen LogP contribution in [0, 0.1) is 5.92 Å². The van der Waals surface area contributed by atoms with Crippen LogP contribution in [0.4, 0.5) is 0 Å². The summed E-state index contributed by atoms with van der Waals surface area (Å²) in [6, 6.07) is 0. The van der Waals surface area contributed by atoms with Crippen molar-refractivity contribution in [2.45, 2.75) is 32.1 Å². The van der Waals surface area contributed by atoms with Gasteiger partial charge in [0.1, 0.15) is 24.1 Å². The predicted molar refractivity (Wildman–Crippen MR) is 87.4 cm³/mol. The van der Waals surface area contributed by atoms with E-state index in [2.05, 4.69) is 10.3 Å². The van der Waals surface area contributed by atoms with Gasteiger partial charge >= 0.3 is 0 Å². The number of ketones is 2. The lowest BCUT2D eigenvalue weighted by Gasteiger charge is -2.26. The Kier molecular flexibility index (Phi) is 6.10. The van der Waals surface area contributed by atoms with Crippen LogP contribution in [0.5, 0.6) is 0 Å². The van der Waals surface area contributed by atoms with E-state index in [0.29, 0.717) is 25.0 Å². The van der Waals surface area contributed by atoms with Crippen molar-refractivity contribution in [2.75, 3.05) is 6.61 Å². The van der Waals surface area contributed by atoms with Gasteiger partial charge in [0.2, 0.25) is 0 Å². The number of oxime groups is 1. The highest BCUT2D eigenvalue weighted by Crippen LogP contribution is 2.32. The first-order chi connectivity index (χ1) is 11.1. The fourth-order valence-electron chi connectivity index (χ4n) is 2.75. The van der Waals surface area contributed by atoms with Crippen LogP contribution in [0.1, 0.15) is 37.7 Å². The molecule has 7 heteroatoms. The molecule has 124 valence electrons. The van der Waals surface area contributed by atoms with Gasteiger partial charge in [-0.05, 0) is 18.1 Å². The fraction of sp³-hybridized carbons (Fsp3) is 0.500. The lowest BCUT2D eigenvalue weighted by molar-refractivity contribution is -0.133. The molecule has 1 aromatic heterocycles. The van der Waals surface area contributed by atoms with Gasteiger partial charge in [-0.1, -0.05) is 23.7 Å². The minimum Gasteiger partial charge on any atom is -0.392 e. The molecule has 1 heterocycles. The van der Waals surface area contributed by atoms with Gasteiger partial charge in [-0.2, -0.15) is 5.10 Å². The summed E-state index contributed by atoms with van der Waals surface area (Å²) >= 11 is 5.40. The lowest BCUT2D eigenvalue weighted by Crippen LogP contribution is -2.38. The molecule has 0 bridgehead atoms. The summed E-state index contributed by atoms with van der Waals surface area (Å²) < 4.78 is 1.67. The van der Waals surface area contributed by atoms with Crippen LogP contribution in [0.15, 0.2) is 29.2 Å². The van der Waals surface area contributed by atoms with Crippen molar-refractivity contribution in [3.05, 3.63) is 29.6 Å². The lowest BCUT2D eigenvalue weighted by atomic mass is 9.75. The normalized spacial score (nSPS) is 22.8. The van der Waals surface area contributed by atoms with Crippen LogP contribution >= 0.6 is 11.6 Å². The second-order valence-corrected chi connectivity index (χ2v) is 5.76. The number of hydrogen-bond donors (Lipinski definition) is 0. The van der Waals surface area contributed by atoms with Gasteiger partial charge in [0, 0.05) is 37.5 Å². The Morgan fingerprint density at radius 3 is 2.70 bits per heavy atom. The van der Waals surface area contributed by atoms with Crippen molar-refractivity contribution in [3.63, 3.8) is 0 Å². The number of Topliss-reactive ketones (excluding diaryl/α,β-unsaturated/α-hetero) is 2. The highest BCUT2D eigenvalue weighted by molar-refractivity contribution is 6.25. The van der Waals surface area contributed by atoms with Crippen LogP contribution in [0.3, 0.4) is 0 Å². The van der Waals surface area contributed by atoms with Crippen molar-refractivity contribution in [1.82, 2.24) is 9.78 Å². The number of rotatable bonds is 6. The molecular weight excluding hydrogens is 318 g/mol. The first-order valence-electron chi connectivity index (χ1n) is 7.54. The number of halogens is 1. The Balaban J connectivity index is 2.09. The Bertz CT molecular complexity index is 618. The Morgan fingerprint density at radius 1 is 1.48 bits per heavy atom. The van der Waals surface area contributed by atoms with E-state index in [-0.39, 0.29) is 24.1 Å². The molecule has 0 atom stereocenters. The fourth-order valence-corrected chi connectivity index (χ4v) is 2.83. The van der Waals surface area contributed by atoms with E-state index >= 15 is 0 Å². The van der Waals surface area contributed by atoms with Crippen molar-refractivity contribution < 1.29 is 14.4 Å². The van der Waals surface area contributed by atoms with Crippen molar-refractivity contribution in [3.8, 4) is 0 Å². The summed E-state index contributed by atoms with van der Waals surface area (Å²) in [4.78, 5) is 30.0. The van der Waals surface area contributed by atoms with E-state index in [9.17, 15) is 9.59 Å². The first kappa shape index (κ1) is 17.4. The van der Waals surface area contributed by atoms with Gasteiger partial charge in [-0.15, -0.1) is 0 Å². The first-order valence-corrected chi connectivity index (χ1v) is 7.98. The summed E-state index contributed by atoms with van der Waals surface area (Å²) in [5.74, 6) is -1.09. The molecule has 1 saturated carbocycles. The van der Waals surface area contributed by atoms with Crippen molar-refractivity contribution in [1.29, 1.82) is 0 Å². The molecular formula is C16H20ClN3O3. The number of carbonyl (C=O) groups excluding carboxylic acids is 2. The average Bonchev–Trinajstić information content (AvgIpc) is 2.95. The minimum atomic E-state index is -0.784. The van der Waals surface area contributed by atoms with E-state index in [0.717, 1.165) is 5.56 Å². The zero-order chi connectivity index (χ0) is 16.8. The molecule has 0 N–H and O–H groups in total. The Morgan fingerprint density at radius 2 is 2.17 bits per heavy atom. The van der Waals surface area contributed by atoms with Crippen LogP contribution < -0.4 is 0 Å². The zero-order valence-electron chi connectivity index (χ0n) is 13.2. The van der Waals surface area contributed by atoms with E-state index in [1.54, 1.807) is 17.0 Å². The molecule has 0 aliphatic heterocycles. The molecule has 1 fully saturated rings. The average molecular weight is 338 g/mol. The standard InChI is InChI=1S/C16H20ClN3O3/c1-3-13(19-23-6-4-5-17)16-14(21)7-11(8-15(16)22)12-9-18-20(2)10-12/h4-5,9-11,16H,3,6-8H2,1-2H3/b5-4?,19-13-. The van der Waals surface area contributed by atoms with E-state index in [1.165, 1.54) is 5.54 Å². The predicted octanol–water partition coefficient (Wildman–Crippen LogP) is 2.59. The number of carbonyl (C=O) groups is 2. The van der Waals surface area contributed by atoms with Crippen LogP contribution in [0.25, 0.3) is 0 Å². The third kappa shape index (κ3) is 4.28. The molecule has 0 aromatic carbocycles. The molecule has 0 unspecified atom stereocenters. The zero-order valence-corrected chi connectivity index (χ0v) is 14.0. The van der Waals surface area contributed by atoms with Gasteiger partial charge in [0.05, 0.1) is 11.9 Å². The molecule has 2 rings (SSSR count). The molecule has 1 aromatic rings. The highest BCUT2D eigenvalue weighted by Gasteiger charge is 2.39. The highest BCUT2D eigenvalue weighted by atomic mass is 35.5. The maximum absolute atomic E-state index is 12.5. The number of nitrogens with zero attached hydrogens (tertiary/aromatic N) is 3.